The summed E-state index contributed by atoms with van der Waals surface area (Å²) < 4.78 is 13.1. The molecule has 0 radical (unpaired) electrons. The maximum atomic E-state index is 13.8. The number of hydrogen-bond donors (Lipinski definition) is 1. The Hall–Kier alpha value is -4.71. The first-order chi connectivity index (χ1) is 19.7. The maximum Gasteiger partial charge on any atom is 0.318 e. The van der Waals surface area contributed by atoms with Crippen molar-refractivity contribution in [2.45, 2.75) is 18.4 Å². The van der Waals surface area contributed by atoms with E-state index in [9.17, 15) is 4.79 Å². The lowest BCUT2D eigenvalue weighted by atomic mass is 9.96. The minimum absolute atomic E-state index is 0.274. The van der Waals surface area contributed by atoms with E-state index in [2.05, 4.69) is 29.7 Å². The van der Waals surface area contributed by atoms with Crippen LogP contribution in [0.1, 0.15) is 33.1 Å². The molecule has 0 fully saturated rings. The second-order valence-corrected chi connectivity index (χ2v) is 9.36. The van der Waals surface area contributed by atoms with E-state index in [1.165, 1.54) is 0 Å². The number of nitrogens with zero attached hydrogens (tertiary/aromatic N) is 1. The summed E-state index contributed by atoms with van der Waals surface area (Å²) in [4.78, 5) is 13.8. The third-order valence-electron chi connectivity index (χ3n) is 6.76. The molecule has 5 nitrogen and oxygen atoms in total. The third-order valence-corrected chi connectivity index (χ3v) is 6.76. The highest BCUT2D eigenvalue weighted by atomic mass is 16.7. The summed E-state index contributed by atoms with van der Waals surface area (Å²) in [6.45, 7) is 0. The molecule has 2 atom stereocenters. The fourth-order valence-corrected chi connectivity index (χ4v) is 4.79. The van der Waals surface area contributed by atoms with Crippen molar-refractivity contribution >= 4 is 5.91 Å². The Bertz CT molecular complexity index is 1470. The largest absolute Gasteiger partial charge is 0.443 e. The normalized spacial score (nSPS) is 13.2. The first kappa shape index (κ1) is 26.9. The van der Waals surface area contributed by atoms with Gasteiger partial charge in [0.15, 0.2) is 0 Å². The van der Waals surface area contributed by atoms with Crippen LogP contribution in [-0.4, -0.2) is 18.0 Å². The standard InChI is InChI=1S/C35H32N2O3/c1-39-35(31-23-13-5-14-24-31,40-32-25-15-6-16-26-32)37(36-34(38)30-21-11-4-12-22-30)33(29-19-9-3-10-20-29)27-28-17-7-2-8-18-28/h2-26,33H,27H2,1H3,(H,36,38). The van der Waals surface area contributed by atoms with Gasteiger partial charge in [-0.15, -0.1) is 5.01 Å². The van der Waals surface area contributed by atoms with Crippen molar-refractivity contribution in [3.05, 3.63) is 174 Å². The minimum Gasteiger partial charge on any atom is -0.443 e. The van der Waals surface area contributed by atoms with Crippen molar-refractivity contribution in [1.29, 1.82) is 0 Å². The fourth-order valence-electron chi connectivity index (χ4n) is 4.79. The molecule has 0 saturated heterocycles. The van der Waals surface area contributed by atoms with Crippen LogP contribution in [-0.2, 0) is 17.1 Å². The molecular weight excluding hydrogens is 496 g/mol. The Kier molecular flexibility index (Phi) is 8.66. The molecule has 2 unspecified atom stereocenters. The molecule has 5 heteroatoms. The van der Waals surface area contributed by atoms with Gasteiger partial charge in [0.1, 0.15) is 5.75 Å². The summed E-state index contributed by atoms with van der Waals surface area (Å²) in [6.07, 6.45) is 0.579. The van der Waals surface area contributed by atoms with E-state index in [1.807, 2.05) is 120 Å². The molecule has 40 heavy (non-hydrogen) atoms. The molecule has 0 aliphatic heterocycles. The quantitative estimate of drug-likeness (QED) is 0.146. The van der Waals surface area contributed by atoms with Crippen LogP contribution >= 0.6 is 0 Å². The van der Waals surface area contributed by atoms with Crippen LogP contribution in [0.2, 0.25) is 0 Å². The van der Waals surface area contributed by atoms with E-state index in [-0.39, 0.29) is 11.9 Å². The predicted octanol–water partition coefficient (Wildman–Crippen LogP) is 7.15. The predicted molar refractivity (Wildman–Crippen MR) is 157 cm³/mol. The van der Waals surface area contributed by atoms with Crippen molar-refractivity contribution in [2.75, 3.05) is 7.11 Å². The lowest BCUT2D eigenvalue weighted by molar-refractivity contribution is -0.297. The Morgan fingerprint density at radius 1 is 0.700 bits per heavy atom. The van der Waals surface area contributed by atoms with Crippen molar-refractivity contribution in [2.24, 2.45) is 0 Å². The van der Waals surface area contributed by atoms with Gasteiger partial charge in [-0.3, -0.25) is 10.2 Å². The van der Waals surface area contributed by atoms with E-state index in [0.717, 1.165) is 16.7 Å². The molecule has 0 aliphatic carbocycles. The highest BCUT2D eigenvalue weighted by Gasteiger charge is 2.47. The smallest absolute Gasteiger partial charge is 0.318 e. The number of hydrazine groups is 1. The Labute approximate surface area is 235 Å². The number of amides is 1. The van der Waals surface area contributed by atoms with Crippen LogP contribution in [0.4, 0.5) is 0 Å². The van der Waals surface area contributed by atoms with Crippen LogP contribution in [0.5, 0.6) is 5.75 Å². The molecule has 5 aromatic carbocycles. The van der Waals surface area contributed by atoms with Gasteiger partial charge in [0.25, 0.3) is 5.91 Å². The Balaban J connectivity index is 1.71. The number of methoxy groups -OCH3 is 1. The molecule has 200 valence electrons. The topological polar surface area (TPSA) is 50.8 Å². The van der Waals surface area contributed by atoms with Crippen molar-refractivity contribution < 1.29 is 14.3 Å². The summed E-state index contributed by atoms with van der Waals surface area (Å²) in [5.41, 5.74) is 6.56. The van der Waals surface area contributed by atoms with E-state index in [0.29, 0.717) is 17.7 Å². The molecular formula is C35H32N2O3. The number of ether oxygens (including phenoxy) is 2. The van der Waals surface area contributed by atoms with Gasteiger partial charge >= 0.3 is 5.91 Å². The van der Waals surface area contributed by atoms with Gasteiger partial charge in [0, 0.05) is 18.2 Å². The summed E-state index contributed by atoms with van der Waals surface area (Å²) >= 11 is 0. The van der Waals surface area contributed by atoms with E-state index in [1.54, 1.807) is 19.2 Å². The Morgan fingerprint density at radius 2 is 1.20 bits per heavy atom. The van der Waals surface area contributed by atoms with Crippen LogP contribution in [0, 0.1) is 0 Å². The number of carbonyl (C=O) groups is 1. The van der Waals surface area contributed by atoms with Crippen LogP contribution in [0.15, 0.2) is 152 Å². The van der Waals surface area contributed by atoms with Crippen molar-refractivity contribution in [1.82, 2.24) is 10.4 Å². The SMILES string of the molecule is COC(Oc1ccccc1)(c1ccccc1)N(NC(=O)c1ccccc1)C(Cc1ccccc1)c1ccccc1. The van der Waals surface area contributed by atoms with E-state index in [4.69, 9.17) is 9.47 Å². The van der Waals surface area contributed by atoms with Gasteiger partial charge in [-0.1, -0.05) is 127 Å². The van der Waals surface area contributed by atoms with Gasteiger partial charge < -0.3 is 9.47 Å². The highest BCUT2D eigenvalue weighted by Crippen LogP contribution is 2.39. The van der Waals surface area contributed by atoms with Crippen LogP contribution in [0.25, 0.3) is 0 Å². The van der Waals surface area contributed by atoms with Gasteiger partial charge in [-0.2, -0.15) is 0 Å². The van der Waals surface area contributed by atoms with Gasteiger partial charge in [-0.05, 0) is 41.8 Å². The monoisotopic (exact) mass is 528 g/mol. The lowest BCUT2D eigenvalue weighted by Gasteiger charge is -2.46. The van der Waals surface area contributed by atoms with Crippen LogP contribution < -0.4 is 10.2 Å². The molecule has 1 amide bonds. The zero-order valence-electron chi connectivity index (χ0n) is 22.4. The zero-order valence-corrected chi connectivity index (χ0v) is 22.4. The first-order valence-electron chi connectivity index (χ1n) is 13.3. The highest BCUT2D eigenvalue weighted by molar-refractivity contribution is 5.93. The van der Waals surface area contributed by atoms with Crippen molar-refractivity contribution in [3.8, 4) is 5.75 Å². The summed E-state index contributed by atoms with van der Waals surface area (Å²) in [7, 11) is 1.60. The van der Waals surface area contributed by atoms with E-state index < -0.39 is 5.91 Å². The molecule has 0 aromatic heterocycles. The average molecular weight is 529 g/mol. The zero-order chi connectivity index (χ0) is 27.6. The molecule has 0 aliphatic rings. The molecule has 5 aromatic rings. The minimum atomic E-state index is -1.53. The van der Waals surface area contributed by atoms with Gasteiger partial charge in [0.05, 0.1) is 6.04 Å². The third kappa shape index (κ3) is 6.12. The van der Waals surface area contributed by atoms with Crippen molar-refractivity contribution in [3.63, 3.8) is 0 Å². The van der Waals surface area contributed by atoms with Gasteiger partial charge in [0.2, 0.25) is 0 Å². The number of rotatable bonds is 11. The first-order valence-corrected chi connectivity index (χ1v) is 13.3. The summed E-state index contributed by atoms with van der Waals surface area (Å²) in [5.74, 6) is -1.20. The fraction of sp³-hybridized carbons (Fsp3) is 0.114. The molecule has 1 N–H and O–H groups in total. The van der Waals surface area contributed by atoms with Gasteiger partial charge in [-0.25, -0.2) is 0 Å². The second kappa shape index (κ2) is 12.9. The summed E-state index contributed by atoms with van der Waals surface area (Å²) in [5, 5.41) is 1.81. The number of carbonyl (C=O) groups excluding carboxylic acids is 1. The molecule has 0 heterocycles. The number of para-hydroxylation sites is 1. The molecule has 5 rings (SSSR count). The summed E-state index contributed by atoms with van der Waals surface area (Å²) in [6, 6.07) is 48.3. The molecule has 0 saturated carbocycles. The number of hydrogen-bond acceptors (Lipinski definition) is 4. The van der Waals surface area contributed by atoms with E-state index >= 15 is 0 Å². The average Bonchev–Trinajstić information content (AvgIpc) is 3.04. The molecule has 0 spiro atoms. The maximum absolute atomic E-state index is 13.8. The lowest BCUT2D eigenvalue weighted by Crippen LogP contribution is -2.61. The Morgan fingerprint density at radius 3 is 1.77 bits per heavy atom. The second-order valence-electron chi connectivity index (χ2n) is 9.36. The molecule has 0 bridgehead atoms. The number of nitrogens with one attached hydrogen (secondary N) is 1. The van der Waals surface area contributed by atoms with Crippen LogP contribution in [0.3, 0.4) is 0 Å². The number of benzene rings is 5.